The van der Waals surface area contributed by atoms with Gasteiger partial charge in [-0.15, -0.1) is 5.10 Å². The number of hydrogen-bond acceptors (Lipinski definition) is 6. The molecule has 0 saturated carbocycles. The van der Waals surface area contributed by atoms with Crippen molar-refractivity contribution in [2.45, 2.75) is 25.3 Å². The summed E-state index contributed by atoms with van der Waals surface area (Å²) in [6.45, 7) is 0.592. The molecule has 11 nitrogen and oxygen atoms in total. The number of amides is 2. The number of H-pyrrole nitrogens is 2. The maximum Gasteiger partial charge on any atom is 0.294 e. The first-order valence-corrected chi connectivity index (χ1v) is 11.7. The number of nitrogens with one attached hydrogen (secondary N) is 3. The smallest absolute Gasteiger partial charge is 0.294 e. The minimum Gasteiger partial charge on any atom is -0.327 e. The van der Waals surface area contributed by atoms with Gasteiger partial charge in [-0.2, -0.15) is 10.2 Å². The summed E-state index contributed by atoms with van der Waals surface area (Å²) in [5, 5.41) is 22.2. The molecular weight excluding hydrogens is 458 g/mol. The van der Waals surface area contributed by atoms with Crippen molar-refractivity contribution >= 4 is 28.5 Å². The molecule has 11 heteroatoms. The van der Waals surface area contributed by atoms with Crippen molar-refractivity contribution in [1.29, 1.82) is 0 Å². The third-order valence-electron chi connectivity index (χ3n) is 6.37. The second-order valence-electron chi connectivity index (χ2n) is 8.69. The van der Waals surface area contributed by atoms with Crippen LogP contribution in [-0.4, -0.2) is 58.4 Å². The highest BCUT2D eigenvalue weighted by molar-refractivity contribution is 6.05. The number of nitrogens with zero attached hydrogens (tertiary/aromatic N) is 6. The monoisotopic (exact) mass is 481 g/mol. The minimum absolute atomic E-state index is 0.147. The van der Waals surface area contributed by atoms with Crippen molar-refractivity contribution < 1.29 is 9.59 Å². The standard InChI is InChI=1S/C25H23N9O2/c35-24(16-9-10-19-17(12-16)14-27-29-19)28-22-13-20(30-31-22)21-8-4-5-11-33(21)25(36)23-26-15-34(32-23)18-6-2-1-3-7-18/h1-3,6-7,9-10,12-15,21H,4-5,8,11H2,(H,27,29)(H2,28,30,31,35). The van der Waals surface area contributed by atoms with Crippen molar-refractivity contribution in [2.24, 2.45) is 0 Å². The molecule has 3 aromatic heterocycles. The summed E-state index contributed by atoms with van der Waals surface area (Å²) in [7, 11) is 0. The van der Waals surface area contributed by atoms with Crippen LogP contribution in [-0.2, 0) is 0 Å². The lowest BCUT2D eigenvalue weighted by molar-refractivity contribution is 0.0593. The fraction of sp³-hybridized carbons (Fsp3) is 0.200. The molecule has 1 atom stereocenters. The summed E-state index contributed by atoms with van der Waals surface area (Å²) in [5.41, 5.74) is 2.95. The molecule has 5 aromatic rings. The second-order valence-corrected chi connectivity index (χ2v) is 8.69. The summed E-state index contributed by atoms with van der Waals surface area (Å²) in [4.78, 5) is 32.2. The number of carbonyl (C=O) groups is 2. The van der Waals surface area contributed by atoms with Crippen molar-refractivity contribution in [3.05, 3.63) is 84.2 Å². The molecule has 36 heavy (non-hydrogen) atoms. The lowest BCUT2D eigenvalue weighted by Crippen LogP contribution is -2.39. The zero-order chi connectivity index (χ0) is 24.5. The minimum atomic E-state index is -0.275. The normalized spacial score (nSPS) is 15.8. The molecule has 4 heterocycles. The molecule has 1 aliphatic rings. The Kier molecular flexibility index (Phi) is 5.49. The molecule has 6 rings (SSSR count). The molecule has 2 aromatic carbocycles. The number of likely N-dealkylation sites (tertiary alicyclic amines) is 1. The van der Waals surface area contributed by atoms with Crippen LogP contribution in [0, 0.1) is 0 Å². The van der Waals surface area contributed by atoms with Crippen LogP contribution in [0.4, 0.5) is 5.82 Å². The molecule has 1 saturated heterocycles. The fourth-order valence-corrected chi connectivity index (χ4v) is 4.54. The number of para-hydroxylation sites is 1. The van der Waals surface area contributed by atoms with Crippen molar-refractivity contribution in [3.63, 3.8) is 0 Å². The van der Waals surface area contributed by atoms with Gasteiger partial charge in [-0.1, -0.05) is 18.2 Å². The molecule has 1 unspecified atom stereocenters. The first-order chi connectivity index (χ1) is 17.7. The van der Waals surface area contributed by atoms with E-state index in [1.165, 1.54) is 0 Å². The summed E-state index contributed by atoms with van der Waals surface area (Å²) in [5.74, 6) is 0.0338. The lowest BCUT2D eigenvalue weighted by atomic mass is 9.99. The lowest BCUT2D eigenvalue weighted by Gasteiger charge is -2.34. The van der Waals surface area contributed by atoms with Crippen LogP contribution >= 0.6 is 0 Å². The van der Waals surface area contributed by atoms with E-state index < -0.39 is 0 Å². The van der Waals surface area contributed by atoms with Crippen molar-refractivity contribution in [2.75, 3.05) is 11.9 Å². The van der Waals surface area contributed by atoms with Crippen LogP contribution in [0.25, 0.3) is 16.6 Å². The summed E-state index contributed by atoms with van der Waals surface area (Å²) in [6, 6.07) is 16.4. The number of benzene rings is 2. The quantitative estimate of drug-likeness (QED) is 0.351. The van der Waals surface area contributed by atoms with Gasteiger partial charge in [-0.25, -0.2) is 9.67 Å². The largest absolute Gasteiger partial charge is 0.327 e. The van der Waals surface area contributed by atoms with E-state index in [-0.39, 0.29) is 23.7 Å². The molecule has 3 N–H and O–H groups in total. The zero-order valence-electron chi connectivity index (χ0n) is 19.3. The van der Waals surface area contributed by atoms with Gasteiger partial charge in [0.15, 0.2) is 5.82 Å². The molecule has 0 aliphatic carbocycles. The van der Waals surface area contributed by atoms with E-state index >= 15 is 0 Å². The van der Waals surface area contributed by atoms with E-state index in [0.29, 0.717) is 17.9 Å². The van der Waals surface area contributed by atoms with E-state index in [2.05, 4.69) is 35.8 Å². The Morgan fingerprint density at radius 3 is 2.81 bits per heavy atom. The van der Waals surface area contributed by atoms with Gasteiger partial charge >= 0.3 is 0 Å². The van der Waals surface area contributed by atoms with E-state index in [0.717, 1.165) is 41.5 Å². The SMILES string of the molecule is O=C(Nc1cc(C2CCCCN2C(=O)c2ncn(-c3ccccc3)n2)[nH]n1)c1ccc2[nH]ncc2c1. The van der Waals surface area contributed by atoms with Crippen LogP contribution < -0.4 is 5.32 Å². The average Bonchev–Trinajstić information content (AvgIpc) is 3.69. The Balaban J connectivity index is 1.19. The number of fused-ring (bicyclic) bond motifs is 1. The Morgan fingerprint density at radius 1 is 1.03 bits per heavy atom. The van der Waals surface area contributed by atoms with E-state index in [4.69, 9.17) is 0 Å². The van der Waals surface area contributed by atoms with E-state index in [9.17, 15) is 9.59 Å². The van der Waals surface area contributed by atoms with Crippen molar-refractivity contribution in [3.8, 4) is 5.69 Å². The summed E-state index contributed by atoms with van der Waals surface area (Å²) < 4.78 is 1.59. The molecule has 1 fully saturated rings. The number of rotatable bonds is 5. The van der Waals surface area contributed by atoms with Crippen LogP contribution in [0.5, 0.6) is 0 Å². The topological polar surface area (TPSA) is 137 Å². The van der Waals surface area contributed by atoms with E-state index in [1.54, 1.807) is 40.3 Å². The summed E-state index contributed by atoms with van der Waals surface area (Å²) in [6.07, 6.45) is 5.87. The third-order valence-corrected chi connectivity index (χ3v) is 6.37. The molecule has 2 amide bonds. The number of anilines is 1. The van der Waals surface area contributed by atoms with Crippen molar-refractivity contribution in [1.82, 2.24) is 40.1 Å². The first kappa shape index (κ1) is 21.7. The number of carbonyl (C=O) groups excluding carboxylic acids is 2. The highest BCUT2D eigenvalue weighted by Gasteiger charge is 2.32. The fourth-order valence-electron chi connectivity index (χ4n) is 4.54. The third kappa shape index (κ3) is 4.11. The maximum atomic E-state index is 13.4. The number of aromatic amines is 2. The van der Waals surface area contributed by atoms with Crippen LogP contribution in [0.3, 0.4) is 0 Å². The zero-order valence-corrected chi connectivity index (χ0v) is 19.3. The predicted molar refractivity (Wildman–Crippen MR) is 132 cm³/mol. The Bertz CT molecular complexity index is 1540. The van der Waals surface area contributed by atoms with Gasteiger partial charge in [0.2, 0.25) is 5.82 Å². The molecular formula is C25H23N9O2. The van der Waals surface area contributed by atoms with Gasteiger partial charge in [-0.05, 0) is 49.6 Å². The predicted octanol–water partition coefficient (Wildman–Crippen LogP) is 3.49. The highest BCUT2D eigenvalue weighted by Crippen LogP contribution is 2.32. The second kappa shape index (κ2) is 9.10. The Morgan fingerprint density at radius 2 is 1.92 bits per heavy atom. The molecule has 0 radical (unpaired) electrons. The van der Waals surface area contributed by atoms with Crippen LogP contribution in [0.1, 0.15) is 52.0 Å². The Hall–Kier alpha value is -4.80. The molecule has 0 bridgehead atoms. The molecule has 0 spiro atoms. The first-order valence-electron chi connectivity index (χ1n) is 11.7. The van der Waals surface area contributed by atoms with E-state index in [1.807, 2.05) is 36.4 Å². The van der Waals surface area contributed by atoms with Crippen LogP contribution in [0.2, 0.25) is 0 Å². The Labute approximate surface area is 205 Å². The van der Waals surface area contributed by atoms with Gasteiger partial charge in [-0.3, -0.25) is 19.8 Å². The highest BCUT2D eigenvalue weighted by atomic mass is 16.2. The number of piperidine rings is 1. The van der Waals surface area contributed by atoms with Gasteiger partial charge in [0, 0.05) is 23.6 Å². The van der Waals surface area contributed by atoms with Gasteiger partial charge in [0.1, 0.15) is 6.33 Å². The van der Waals surface area contributed by atoms with Crippen LogP contribution in [0.15, 0.2) is 67.1 Å². The molecule has 180 valence electrons. The van der Waals surface area contributed by atoms with Gasteiger partial charge in [0.05, 0.1) is 29.1 Å². The number of hydrogen-bond donors (Lipinski definition) is 3. The van der Waals surface area contributed by atoms with Gasteiger partial charge < -0.3 is 10.2 Å². The maximum absolute atomic E-state index is 13.4. The summed E-state index contributed by atoms with van der Waals surface area (Å²) >= 11 is 0. The van der Waals surface area contributed by atoms with Gasteiger partial charge in [0.25, 0.3) is 11.8 Å². The average molecular weight is 482 g/mol. The molecule has 1 aliphatic heterocycles. The number of aromatic nitrogens is 7.